The summed E-state index contributed by atoms with van der Waals surface area (Å²) in [5.74, 6) is -0.148. The van der Waals surface area contributed by atoms with Crippen molar-refractivity contribution >= 4 is 27.5 Å². The van der Waals surface area contributed by atoms with Gasteiger partial charge < -0.3 is 5.32 Å². The van der Waals surface area contributed by atoms with E-state index in [-0.39, 0.29) is 11.5 Å². The summed E-state index contributed by atoms with van der Waals surface area (Å²) in [6, 6.07) is 10.7. The van der Waals surface area contributed by atoms with E-state index in [1.807, 2.05) is 37.3 Å². The van der Waals surface area contributed by atoms with Crippen LogP contribution in [0.2, 0.25) is 0 Å². The molecule has 5 nitrogen and oxygen atoms in total. The Hall–Kier alpha value is -2.47. The Morgan fingerprint density at radius 2 is 2.13 bits per heavy atom. The van der Waals surface area contributed by atoms with Crippen LogP contribution in [0.3, 0.4) is 0 Å². The van der Waals surface area contributed by atoms with Crippen molar-refractivity contribution < 1.29 is 4.79 Å². The van der Waals surface area contributed by atoms with Crippen molar-refractivity contribution in [2.75, 3.05) is 0 Å². The molecule has 0 bridgehead atoms. The fourth-order valence-corrected chi connectivity index (χ4v) is 3.62. The van der Waals surface area contributed by atoms with E-state index >= 15 is 0 Å². The first-order chi connectivity index (χ1) is 11.2. The molecule has 0 spiro atoms. The molecule has 1 unspecified atom stereocenters. The van der Waals surface area contributed by atoms with Gasteiger partial charge in [0.2, 0.25) is 5.91 Å². The number of pyridine rings is 1. The zero-order valence-corrected chi connectivity index (χ0v) is 13.5. The van der Waals surface area contributed by atoms with Gasteiger partial charge in [-0.05, 0) is 30.2 Å². The van der Waals surface area contributed by atoms with Crippen LogP contribution in [0.1, 0.15) is 24.9 Å². The molecule has 0 fully saturated rings. The van der Waals surface area contributed by atoms with Gasteiger partial charge in [-0.15, -0.1) is 0 Å². The van der Waals surface area contributed by atoms with Gasteiger partial charge in [-0.25, -0.2) is 0 Å². The Kier molecular flexibility index (Phi) is 4.52. The van der Waals surface area contributed by atoms with Crippen molar-refractivity contribution in [2.24, 2.45) is 0 Å². The van der Waals surface area contributed by atoms with E-state index in [2.05, 4.69) is 10.3 Å². The van der Waals surface area contributed by atoms with Gasteiger partial charge in [0.15, 0.2) is 0 Å². The number of nitrogens with zero attached hydrogens (tertiary/aromatic N) is 2. The highest BCUT2D eigenvalue weighted by molar-refractivity contribution is 7.14. The van der Waals surface area contributed by atoms with Gasteiger partial charge in [0.05, 0.1) is 10.1 Å². The van der Waals surface area contributed by atoms with E-state index in [0.717, 1.165) is 10.3 Å². The van der Waals surface area contributed by atoms with Crippen LogP contribution in [0.4, 0.5) is 0 Å². The number of carbonyl (C=O) groups excluding carboxylic acids is 1. The molecule has 1 N–H and O–H groups in total. The predicted octanol–water partition coefficient (Wildman–Crippen LogP) is 2.73. The molecule has 0 aliphatic rings. The summed E-state index contributed by atoms with van der Waals surface area (Å²) in [5, 5.41) is 3.55. The Bertz CT molecular complexity index is 870. The second-order valence-corrected chi connectivity index (χ2v) is 6.24. The third-order valence-corrected chi connectivity index (χ3v) is 4.85. The van der Waals surface area contributed by atoms with Crippen LogP contribution in [-0.4, -0.2) is 14.8 Å². The van der Waals surface area contributed by atoms with E-state index < -0.39 is 6.04 Å². The molecule has 1 atom stereocenters. The van der Waals surface area contributed by atoms with Crippen LogP contribution in [0, 0.1) is 0 Å². The number of carbonyl (C=O) groups is 1. The Morgan fingerprint density at radius 1 is 1.30 bits per heavy atom. The summed E-state index contributed by atoms with van der Waals surface area (Å²) >= 11 is 1.34. The van der Waals surface area contributed by atoms with Crippen molar-refractivity contribution in [3.8, 4) is 0 Å². The van der Waals surface area contributed by atoms with Crippen LogP contribution in [-0.2, 0) is 11.3 Å². The summed E-state index contributed by atoms with van der Waals surface area (Å²) in [4.78, 5) is 29.0. The molecule has 1 aromatic carbocycles. The van der Waals surface area contributed by atoms with Crippen LogP contribution in [0.5, 0.6) is 0 Å². The Balaban J connectivity index is 1.82. The number of hydrogen-bond acceptors (Lipinski definition) is 4. The average molecular weight is 327 g/mol. The minimum absolute atomic E-state index is 0.103. The largest absolute Gasteiger partial charge is 0.350 e. The summed E-state index contributed by atoms with van der Waals surface area (Å²) in [6.45, 7) is 2.31. The fraction of sp³-hybridized carbons (Fsp3) is 0.235. The van der Waals surface area contributed by atoms with Gasteiger partial charge in [-0.1, -0.05) is 36.7 Å². The van der Waals surface area contributed by atoms with E-state index in [0.29, 0.717) is 18.4 Å². The summed E-state index contributed by atoms with van der Waals surface area (Å²) in [6.07, 6.45) is 3.97. The van der Waals surface area contributed by atoms with E-state index in [4.69, 9.17) is 0 Å². The maximum atomic E-state index is 12.5. The molecule has 0 aliphatic carbocycles. The first-order valence-electron chi connectivity index (χ1n) is 7.48. The number of hydrogen-bond donors (Lipinski definition) is 1. The number of amides is 1. The van der Waals surface area contributed by atoms with E-state index in [1.54, 1.807) is 22.4 Å². The van der Waals surface area contributed by atoms with Gasteiger partial charge in [-0.2, -0.15) is 0 Å². The molecule has 3 rings (SSSR count). The first kappa shape index (κ1) is 15.4. The topological polar surface area (TPSA) is 64.0 Å². The summed E-state index contributed by atoms with van der Waals surface area (Å²) in [5.41, 5.74) is 0.827. The number of nitrogens with one attached hydrogen (secondary N) is 1. The lowest BCUT2D eigenvalue weighted by atomic mass is 10.2. The van der Waals surface area contributed by atoms with Crippen molar-refractivity contribution in [1.29, 1.82) is 0 Å². The molecule has 6 heteroatoms. The molecule has 2 aromatic heterocycles. The van der Waals surface area contributed by atoms with Gasteiger partial charge in [0.25, 0.3) is 5.56 Å². The number of benzene rings is 1. The maximum absolute atomic E-state index is 12.5. The molecular weight excluding hydrogens is 310 g/mol. The van der Waals surface area contributed by atoms with E-state index in [9.17, 15) is 9.59 Å². The van der Waals surface area contributed by atoms with Crippen molar-refractivity contribution in [1.82, 2.24) is 14.3 Å². The highest BCUT2D eigenvalue weighted by atomic mass is 32.1. The average Bonchev–Trinajstić information content (AvgIpc) is 2.92. The smallest absolute Gasteiger partial charge is 0.269 e. The lowest BCUT2D eigenvalue weighted by Crippen LogP contribution is -2.34. The van der Waals surface area contributed by atoms with Crippen molar-refractivity contribution in [2.45, 2.75) is 25.9 Å². The van der Waals surface area contributed by atoms with Gasteiger partial charge in [0.1, 0.15) is 6.04 Å². The molecule has 118 valence electrons. The number of rotatable bonds is 5. The molecule has 2 heterocycles. The summed E-state index contributed by atoms with van der Waals surface area (Å²) < 4.78 is 2.47. The van der Waals surface area contributed by atoms with Crippen LogP contribution < -0.4 is 10.9 Å². The molecule has 0 saturated heterocycles. The molecule has 3 aromatic rings. The van der Waals surface area contributed by atoms with Crippen LogP contribution >= 0.6 is 11.5 Å². The minimum atomic E-state index is -0.489. The minimum Gasteiger partial charge on any atom is -0.350 e. The van der Waals surface area contributed by atoms with Gasteiger partial charge >= 0.3 is 0 Å². The maximum Gasteiger partial charge on any atom is 0.269 e. The molecule has 0 radical (unpaired) electrons. The molecular formula is C17H17N3O2S. The zero-order valence-electron chi connectivity index (χ0n) is 12.7. The fourth-order valence-electron chi connectivity index (χ4n) is 2.46. The van der Waals surface area contributed by atoms with Crippen LogP contribution in [0.15, 0.2) is 53.6 Å². The van der Waals surface area contributed by atoms with Crippen LogP contribution in [0.25, 0.3) is 10.1 Å². The van der Waals surface area contributed by atoms with Crippen molar-refractivity contribution in [3.63, 3.8) is 0 Å². The second-order valence-electron chi connectivity index (χ2n) is 5.22. The third kappa shape index (κ3) is 3.17. The monoisotopic (exact) mass is 327 g/mol. The lowest BCUT2D eigenvalue weighted by molar-refractivity contribution is -0.124. The zero-order chi connectivity index (χ0) is 16.2. The summed E-state index contributed by atoms with van der Waals surface area (Å²) in [7, 11) is 0. The first-order valence-corrected chi connectivity index (χ1v) is 8.25. The molecule has 0 saturated carbocycles. The highest BCUT2D eigenvalue weighted by Gasteiger charge is 2.22. The number of fused-ring (bicyclic) bond motifs is 1. The lowest BCUT2D eigenvalue weighted by Gasteiger charge is -2.15. The molecule has 23 heavy (non-hydrogen) atoms. The van der Waals surface area contributed by atoms with Gasteiger partial charge in [0, 0.05) is 18.9 Å². The predicted molar refractivity (Wildman–Crippen MR) is 91.5 cm³/mol. The third-order valence-electron chi connectivity index (χ3n) is 3.68. The standard InChI is InChI=1S/C17H17N3O2S/c1-2-14(16(21)19-11-12-6-5-9-18-10-12)20-17(22)13-7-3-4-8-15(13)23-20/h3-10,14H,2,11H2,1H3,(H,19,21). The quantitative estimate of drug-likeness (QED) is 0.784. The Labute approximate surface area is 137 Å². The highest BCUT2D eigenvalue weighted by Crippen LogP contribution is 2.21. The second kappa shape index (κ2) is 6.75. The number of aromatic nitrogens is 2. The van der Waals surface area contributed by atoms with Crippen molar-refractivity contribution in [3.05, 3.63) is 64.7 Å². The Morgan fingerprint density at radius 3 is 2.83 bits per heavy atom. The SMILES string of the molecule is CCC(C(=O)NCc1cccnc1)n1sc2ccccc2c1=O. The molecule has 0 aliphatic heterocycles. The normalized spacial score (nSPS) is 12.2. The van der Waals surface area contributed by atoms with E-state index in [1.165, 1.54) is 11.5 Å². The van der Waals surface area contributed by atoms with Gasteiger partial charge in [-0.3, -0.25) is 18.5 Å². The molecule has 1 amide bonds.